The van der Waals surface area contributed by atoms with Gasteiger partial charge in [0.2, 0.25) is 0 Å². The highest BCUT2D eigenvalue weighted by molar-refractivity contribution is 7.19. The summed E-state index contributed by atoms with van der Waals surface area (Å²) in [5.74, 6) is 4.04. The summed E-state index contributed by atoms with van der Waals surface area (Å²) in [7, 11) is 1.63. The van der Waals surface area contributed by atoms with Gasteiger partial charge >= 0.3 is 0 Å². The minimum atomic E-state index is -0.0723. The molecule has 0 bridgehead atoms. The molecule has 0 spiro atoms. The molecule has 2 heterocycles. The van der Waals surface area contributed by atoms with Crippen molar-refractivity contribution in [2.75, 3.05) is 7.11 Å². The van der Waals surface area contributed by atoms with Crippen LogP contribution in [-0.2, 0) is 13.0 Å². The summed E-state index contributed by atoms with van der Waals surface area (Å²) in [6.45, 7) is 4.22. The molecule has 0 N–H and O–H groups in total. The first-order chi connectivity index (χ1) is 11.6. The van der Waals surface area contributed by atoms with Crippen molar-refractivity contribution in [2.24, 2.45) is 0 Å². The van der Waals surface area contributed by atoms with Gasteiger partial charge in [0.05, 0.1) is 19.0 Å². The van der Waals surface area contributed by atoms with Gasteiger partial charge in [-0.3, -0.25) is 9.36 Å². The molecule has 122 valence electrons. The van der Waals surface area contributed by atoms with Crippen molar-refractivity contribution in [1.82, 2.24) is 9.55 Å². The van der Waals surface area contributed by atoms with E-state index in [9.17, 15) is 4.79 Å². The molecule has 0 fully saturated rings. The number of hydrogen-bond acceptors (Lipinski definition) is 4. The SMILES string of the molecule is C#CCn1c(CC)nc2sc(C)c(-c3cccc(OC)c3)c2c1=O. The molecule has 24 heavy (non-hydrogen) atoms. The lowest BCUT2D eigenvalue weighted by molar-refractivity contribution is 0.415. The van der Waals surface area contributed by atoms with Crippen molar-refractivity contribution in [3.8, 4) is 29.2 Å². The lowest BCUT2D eigenvalue weighted by Gasteiger charge is -2.09. The smallest absolute Gasteiger partial charge is 0.263 e. The number of terminal acetylenes is 1. The van der Waals surface area contributed by atoms with Gasteiger partial charge < -0.3 is 4.74 Å². The molecular formula is C19H18N2O2S. The van der Waals surface area contributed by atoms with Gasteiger partial charge in [-0.05, 0) is 24.6 Å². The Morgan fingerprint density at radius 1 is 1.42 bits per heavy atom. The molecule has 0 saturated heterocycles. The van der Waals surface area contributed by atoms with E-state index >= 15 is 0 Å². The van der Waals surface area contributed by atoms with E-state index < -0.39 is 0 Å². The molecule has 3 aromatic rings. The van der Waals surface area contributed by atoms with E-state index in [0.717, 1.165) is 32.4 Å². The minimum Gasteiger partial charge on any atom is -0.497 e. The Morgan fingerprint density at radius 2 is 2.21 bits per heavy atom. The van der Waals surface area contributed by atoms with Gasteiger partial charge in [-0.1, -0.05) is 25.0 Å². The van der Waals surface area contributed by atoms with Crippen molar-refractivity contribution in [1.29, 1.82) is 0 Å². The van der Waals surface area contributed by atoms with Gasteiger partial charge in [-0.15, -0.1) is 17.8 Å². The van der Waals surface area contributed by atoms with Crippen LogP contribution in [0.2, 0.25) is 0 Å². The maximum absolute atomic E-state index is 13.1. The second-order valence-corrected chi connectivity index (χ2v) is 6.63. The zero-order valence-electron chi connectivity index (χ0n) is 13.9. The van der Waals surface area contributed by atoms with Gasteiger partial charge in [0, 0.05) is 16.9 Å². The van der Waals surface area contributed by atoms with Crippen LogP contribution in [0.1, 0.15) is 17.6 Å². The maximum Gasteiger partial charge on any atom is 0.263 e. The third-order valence-corrected chi connectivity index (χ3v) is 4.99. The van der Waals surface area contributed by atoms with E-state index in [-0.39, 0.29) is 12.1 Å². The summed E-state index contributed by atoms with van der Waals surface area (Å²) in [6.07, 6.45) is 6.10. The van der Waals surface area contributed by atoms with Crippen molar-refractivity contribution < 1.29 is 4.74 Å². The number of hydrogen-bond donors (Lipinski definition) is 0. The molecule has 0 aliphatic rings. The Labute approximate surface area is 144 Å². The van der Waals surface area contributed by atoms with Gasteiger partial charge in [0.15, 0.2) is 0 Å². The fourth-order valence-electron chi connectivity index (χ4n) is 2.89. The first-order valence-electron chi connectivity index (χ1n) is 7.71. The molecule has 0 atom stereocenters. The summed E-state index contributed by atoms with van der Waals surface area (Å²) >= 11 is 1.54. The lowest BCUT2D eigenvalue weighted by atomic mass is 10.0. The lowest BCUT2D eigenvalue weighted by Crippen LogP contribution is -2.24. The minimum absolute atomic E-state index is 0.0723. The molecule has 4 nitrogen and oxygen atoms in total. The summed E-state index contributed by atoms with van der Waals surface area (Å²) in [6, 6.07) is 7.73. The molecule has 0 aliphatic heterocycles. The summed E-state index contributed by atoms with van der Waals surface area (Å²) in [5, 5.41) is 0.637. The number of nitrogens with zero attached hydrogens (tertiary/aromatic N) is 2. The van der Waals surface area contributed by atoms with Crippen LogP contribution in [0, 0.1) is 19.3 Å². The highest BCUT2D eigenvalue weighted by Crippen LogP contribution is 2.36. The Bertz CT molecular complexity index is 1010. The zero-order chi connectivity index (χ0) is 17.3. The first-order valence-corrected chi connectivity index (χ1v) is 8.53. The fourth-order valence-corrected chi connectivity index (χ4v) is 3.94. The van der Waals surface area contributed by atoms with E-state index in [2.05, 4.69) is 10.9 Å². The van der Waals surface area contributed by atoms with Crippen LogP contribution < -0.4 is 10.3 Å². The Balaban J connectivity index is 2.37. The largest absolute Gasteiger partial charge is 0.497 e. The number of ether oxygens (including phenoxy) is 1. The number of aryl methyl sites for hydroxylation is 2. The monoisotopic (exact) mass is 338 g/mol. The van der Waals surface area contributed by atoms with Gasteiger partial charge in [0.1, 0.15) is 16.4 Å². The third-order valence-electron chi connectivity index (χ3n) is 3.99. The fraction of sp³-hybridized carbons (Fsp3) is 0.263. The van der Waals surface area contributed by atoms with Crippen LogP contribution in [0.4, 0.5) is 0 Å². The maximum atomic E-state index is 13.1. The number of benzene rings is 1. The van der Waals surface area contributed by atoms with E-state index in [1.165, 1.54) is 0 Å². The van der Waals surface area contributed by atoms with Crippen molar-refractivity contribution in [3.05, 3.63) is 45.3 Å². The van der Waals surface area contributed by atoms with Crippen LogP contribution >= 0.6 is 11.3 Å². The molecule has 0 radical (unpaired) electrons. The highest BCUT2D eigenvalue weighted by atomic mass is 32.1. The predicted molar refractivity (Wildman–Crippen MR) is 98.8 cm³/mol. The number of rotatable bonds is 4. The van der Waals surface area contributed by atoms with Gasteiger partial charge in [-0.2, -0.15) is 0 Å². The molecule has 3 rings (SSSR count). The van der Waals surface area contributed by atoms with Crippen molar-refractivity contribution in [3.63, 3.8) is 0 Å². The number of aromatic nitrogens is 2. The average molecular weight is 338 g/mol. The van der Waals surface area contributed by atoms with Crippen LogP contribution in [0.3, 0.4) is 0 Å². The summed E-state index contributed by atoms with van der Waals surface area (Å²) in [5.41, 5.74) is 1.80. The van der Waals surface area contributed by atoms with Gasteiger partial charge in [-0.25, -0.2) is 4.98 Å². The van der Waals surface area contributed by atoms with E-state index in [1.54, 1.807) is 23.0 Å². The molecule has 0 unspecified atom stereocenters. The van der Waals surface area contributed by atoms with Crippen LogP contribution in [0.15, 0.2) is 29.1 Å². The zero-order valence-corrected chi connectivity index (χ0v) is 14.7. The molecule has 5 heteroatoms. The quantitative estimate of drug-likeness (QED) is 0.682. The second-order valence-electron chi connectivity index (χ2n) is 5.42. The Kier molecular flexibility index (Phi) is 4.41. The number of thiophene rings is 1. The predicted octanol–water partition coefficient (Wildman–Crippen LogP) is 3.64. The van der Waals surface area contributed by atoms with E-state index in [0.29, 0.717) is 11.8 Å². The molecule has 2 aromatic heterocycles. The Morgan fingerprint density at radius 3 is 2.88 bits per heavy atom. The highest BCUT2D eigenvalue weighted by Gasteiger charge is 2.19. The summed E-state index contributed by atoms with van der Waals surface area (Å²) in [4.78, 5) is 19.6. The molecule has 0 saturated carbocycles. The van der Waals surface area contributed by atoms with Gasteiger partial charge in [0.25, 0.3) is 5.56 Å². The molecule has 1 aromatic carbocycles. The summed E-state index contributed by atoms with van der Waals surface area (Å²) < 4.78 is 6.91. The number of methoxy groups -OCH3 is 1. The second kappa shape index (κ2) is 6.50. The topological polar surface area (TPSA) is 44.1 Å². The molecule has 0 aliphatic carbocycles. The Hall–Kier alpha value is -2.58. The van der Waals surface area contributed by atoms with E-state index in [1.807, 2.05) is 38.1 Å². The van der Waals surface area contributed by atoms with Crippen LogP contribution in [0.5, 0.6) is 5.75 Å². The molecule has 0 amide bonds. The van der Waals surface area contributed by atoms with Crippen LogP contribution in [-0.4, -0.2) is 16.7 Å². The first kappa shape index (κ1) is 16.3. The van der Waals surface area contributed by atoms with Crippen molar-refractivity contribution in [2.45, 2.75) is 26.8 Å². The molecular weight excluding hydrogens is 320 g/mol. The number of fused-ring (bicyclic) bond motifs is 1. The average Bonchev–Trinajstić information content (AvgIpc) is 2.93. The van der Waals surface area contributed by atoms with Crippen LogP contribution in [0.25, 0.3) is 21.3 Å². The normalized spacial score (nSPS) is 10.8. The van der Waals surface area contributed by atoms with Crippen molar-refractivity contribution >= 4 is 21.6 Å². The third kappa shape index (κ3) is 2.59. The standard InChI is InChI=1S/C19H18N2O2S/c1-5-10-21-15(6-2)20-18-17(19(21)22)16(12(3)24-18)13-8-7-9-14(11-13)23-4/h1,7-9,11H,6,10H2,2-4H3. The van der Waals surface area contributed by atoms with E-state index in [4.69, 9.17) is 11.2 Å².